The highest BCUT2D eigenvalue weighted by Gasteiger charge is 2.50. The first-order valence-corrected chi connectivity index (χ1v) is 10.2. The van der Waals surface area contributed by atoms with E-state index in [1.165, 1.54) is 9.75 Å². The number of amides is 1. The van der Waals surface area contributed by atoms with Gasteiger partial charge in [0.25, 0.3) is 0 Å². The molecule has 0 atom stereocenters. The number of nitrogens with one attached hydrogen (secondary N) is 1. The van der Waals surface area contributed by atoms with Gasteiger partial charge in [-0.05, 0) is 43.9 Å². The third-order valence-electron chi connectivity index (χ3n) is 4.70. The highest BCUT2D eigenvalue weighted by atomic mass is 32.1. The van der Waals surface area contributed by atoms with Gasteiger partial charge in [0.15, 0.2) is 0 Å². The number of hydrogen-bond acceptors (Lipinski definition) is 4. The van der Waals surface area contributed by atoms with Gasteiger partial charge in [0.05, 0.1) is 21.0 Å². The van der Waals surface area contributed by atoms with Gasteiger partial charge >= 0.3 is 0 Å². The predicted octanol–water partition coefficient (Wildman–Crippen LogP) is 4.57. The van der Waals surface area contributed by atoms with Gasteiger partial charge in [-0.15, -0.1) is 22.7 Å². The molecule has 0 saturated heterocycles. The van der Waals surface area contributed by atoms with Gasteiger partial charge in [0.2, 0.25) is 5.91 Å². The van der Waals surface area contributed by atoms with Gasteiger partial charge in [-0.2, -0.15) is 0 Å². The fraction of sp³-hybridized carbons (Fsp3) is 0.300. The summed E-state index contributed by atoms with van der Waals surface area (Å²) in [7, 11) is 0. The Hall–Kier alpha value is -1.98. The number of aryl methyl sites for hydroxylation is 1. The van der Waals surface area contributed by atoms with Crippen LogP contribution >= 0.6 is 22.7 Å². The van der Waals surface area contributed by atoms with Gasteiger partial charge < -0.3 is 5.32 Å². The van der Waals surface area contributed by atoms with Crippen LogP contribution in [0.15, 0.2) is 47.8 Å². The standard InChI is InChI=1S/C20H20N2OS2/c1-14-22-17(13-24-14)18-8-7-16(25-18)9-12-21-19(23)20(10-11-20)15-5-3-2-4-6-15/h2-8,13H,9-12H2,1H3,(H,21,23). The van der Waals surface area contributed by atoms with Crippen LogP contribution in [0.25, 0.3) is 10.6 Å². The van der Waals surface area contributed by atoms with Crippen LogP contribution in [0.5, 0.6) is 0 Å². The normalized spacial score (nSPS) is 15.1. The van der Waals surface area contributed by atoms with Crippen molar-refractivity contribution in [3.8, 4) is 10.6 Å². The zero-order valence-electron chi connectivity index (χ0n) is 14.1. The van der Waals surface area contributed by atoms with Crippen molar-refractivity contribution in [1.29, 1.82) is 0 Å². The second kappa shape index (κ2) is 6.73. The van der Waals surface area contributed by atoms with Crippen molar-refractivity contribution in [3.63, 3.8) is 0 Å². The Morgan fingerprint density at radius 2 is 2.00 bits per heavy atom. The molecule has 0 unspecified atom stereocenters. The molecule has 128 valence electrons. The quantitative estimate of drug-likeness (QED) is 0.692. The molecule has 3 nitrogen and oxygen atoms in total. The summed E-state index contributed by atoms with van der Waals surface area (Å²) in [4.78, 5) is 19.7. The summed E-state index contributed by atoms with van der Waals surface area (Å²) < 4.78 is 0. The molecule has 0 radical (unpaired) electrons. The zero-order chi connectivity index (χ0) is 17.3. The van der Waals surface area contributed by atoms with Crippen molar-refractivity contribution in [3.05, 3.63) is 63.3 Å². The van der Waals surface area contributed by atoms with E-state index in [4.69, 9.17) is 0 Å². The zero-order valence-corrected chi connectivity index (χ0v) is 15.8. The number of carbonyl (C=O) groups excluding carboxylic acids is 1. The molecule has 25 heavy (non-hydrogen) atoms. The van der Waals surface area contributed by atoms with Gasteiger partial charge in [0.1, 0.15) is 0 Å². The van der Waals surface area contributed by atoms with Crippen molar-refractivity contribution in [2.75, 3.05) is 6.54 Å². The maximum absolute atomic E-state index is 12.6. The molecule has 1 aromatic carbocycles. The number of nitrogens with zero attached hydrogens (tertiary/aromatic N) is 1. The van der Waals surface area contributed by atoms with Crippen LogP contribution in [0.3, 0.4) is 0 Å². The fourth-order valence-electron chi connectivity index (χ4n) is 3.12. The van der Waals surface area contributed by atoms with E-state index in [1.807, 2.05) is 25.1 Å². The average Bonchev–Trinajstić information content (AvgIpc) is 3.12. The van der Waals surface area contributed by atoms with E-state index >= 15 is 0 Å². The number of aromatic nitrogens is 1. The highest BCUT2D eigenvalue weighted by molar-refractivity contribution is 7.16. The van der Waals surface area contributed by atoms with E-state index in [9.17, 15) is 4.79 Å². The highest BCUT2D eigenvalue weighted by Crippen LogP contribution is 2.48. The van der Waals surface area contributed by atoms with Gasteiger partial charge in [-0.25, -0.2) is 4.98 Å². The minimum Gasteiger partial charge on any atom is -0.355 e. The van der Waals surface area contributed by atoms with Gasteiger partial charge in [0, 0.05) is 16.8 Å². The van der Waals surface area contributed by atoms with Gasteiger partial charge in [-0.1, -0.05) is 30.3 Å². The molecule has 2 heterocycles. The lowest BCUT2D eigenvalue weighted by molar-refractivity contribution is -0.123. The molecule has 1 N–H and O–H groups in total. The average molecular weight is 369 g/mol. The SMILES string of the molecule is Cc1nc(-c2ccc(CCNC(=O)C3(c4ccccc4)CC3)s2)cs1. The molecule has 1 fully saturated rings. The Morgan fingerprint density at radius 3 is 2.68 bits per heavy atom. The molecule has 0 spiro atoms. The summed E-state index contributed by atoms with van der Waals surface area (Å²) in [6.07, 6.45) is 2.77. The first kappa shape index (κ1) is 16.5. The number of benzene rings is 1. The summed E-state index contributed by atoms with van der Waals surface area (Å²) in [6, 6.07) is 14.4. The summed E-state index contributed by atoms with van der Waals surface area (Å²) >= 11 is 3.44. The summed E-state index contributed by atoms with van der Waals surface area (Å²) in [6.45, 7) is 2.71. The maximum Gasteiger partial charge on any atom is 0.230 e. The first-order valence-electron chi connectivity index (χ1n) is 8.52. The van der Waals surface area contributed by atoms with Crippen molar-refractivity contribution >= 4 is 28.6 Å². The second-order valence-corrected chi connectivity index (χ2v) is 8.70. The lowest BCUT2D eigenvalue weighted by atomic mass is 9.95. The summed E-state index contributed by atoms with van der Waals surface area (Å²) in [5, 5.41) is 6.33. The molecule has 4 rings (SSSR count). The van der Waals surface area contributed by atoms with E-state index in [0.29, 0.717) is 6.54 Å². The molecule has 3 aromatic rings. The lowest BCUT2D eigenvalue weighted by Crippen LogP contribution is -2.35. The molecule has 1 amide bonds. The van der Waals surface area contributed by atoms with Crippen LogP contribution in [-0.4, -0.2) is 17.4 Å². The third-order valence-corrected chi connectivity index (χ3v) is 6.64. The number of thiophene rings is 1. The van der Waals surface area contributed by atoms with E-state index in [2.05, 4.69) is 39.9 Å². The number of hydrogen-bond donors (Lipinski definition) is 1. The lowest BCUT2D eigenvalue weighted by Gasteiger charge is -2.15. The van der Waals surface area contributed by atoms with Crippen LogP contribution in [0.4, 0.5) is 0 Å². The molecule has 0 aliphatic heterocycles. The molecule has 0 bridgehead atoms. The molecule has 1 saturated carbocycles. The Bertz CT molecular complexity index is 878. The van der Waals surface area contributed by atoms with Crippen LogP contribution in [0, 0.1) is 6.92 Å². The van der Waals surface area contributed by atoms with E-state index in [1.54, 1.807) is 22.7 Å². The Balaban J connectivity index is 1.34. The van der Waals surface area contributed by atoms with E-state index in [-0.39, 0.29) is 11.3 Å². The topological polar surface area (TPSA) is 42.0 Å². The van der Waals surface area contributed by atoms with Crippen molar-refractivity contribution in [1.82, 2.24) is 10.3 Å². The Kier molecular flexibility index (Phi) is 4.44. The van der Waals surface area contributed by atoms with Gasteiger partial charge in [-0.3, -0.25) is 4.79 Å². The molecule has 5 heteroatoms. The van der Waals surface area contributed by atoms with Crippen LogP contribution in [-0.2, 0) is 16.6 Å². The smallest absolute Gasteiger partial charge is 0.230 e. The van der Waals surface area contributed by atoms with Crippen LogP contribution in [0.2, 0.25) is 0 Å². The first-order chi connectivity index (χ1) is 12.2. The second-order valence-electron chi connectivity index (χ2n) is 6.47. The Morgan fingerprint density at radius 1 is 1.20 bits per heavy atom. The summed E-state index contributed by atoms with van der Waals surface area (Å²) in [5.41, 5.74) is 1.92. The predicted molar refractivity (Wildman–Crippen MR) is 104 cm³/mol. The molecule has 1 aliphatic carbocycles. The van der Waals surface area contributed by atoms with E-state index < -0.39 is 0 Å². The number of thiazole rings is 1. The fourth-order valence-corrected chi connectivity index (χ4v) is 4.78. The monoisotopic (exact) mass is 368 g/mol. The number of rotatable bonds is 6. The summed E-state index contributed by atoms with van der Waals surface area (Å²) in [5.74, 6) is 0.172. The minimum absolute atomic E-state index is 0.172. The third kappa shape index (κ3) is 3.39. The molecular formula is C20H20N2OS2. The molecule has 2 aromatic heterocycles. The van der Waals surface area contributed by atoms with Crippen molar-refractivity contribution in [2.45, 2.75) is 31.6 Å². The Labute approximate surface area is 155 Å². The van der Waals surface area contributed by atoms with Crippen molar-refractivity contribution < 1.29 is 4.79 Å². The maximum atomic E-state index is 12.6. The van der Waals surface area contributed by atoms with Crippen LogP contribution < -0.4 is 5.32 Å². The van der Waals surface area contributed by atoms with Crippen LogP contribution in [0.1, 0.15) is 28.3 Å². The minimum atomic E-state index is -0.278. The number of carbonyl (C=O) groups is 1. The largest absolute Gasteiger partial charge is 0.355 e. The molecular weight excluding hydrogens is 348 g/mol. The van der Waals surface area contributed by atoms with E-state index in [0.717, 1.165) is 35.5 Å². The molecule has 1 aliphatic rings. The van der Waals surface area contributed by atoms with Crippen molar-refractivity contribution in [2.24, 2.45) is 0 Å².